The van der Waals surface area contributed by atoms with Crippen molar-refractivity contribution in [2.24, 2.45) is 0 Å². The Balaban J connectivity index is 1.66. The molecule has 2 aromatic heterocycles. The summed E-state index contributed by atoms with van der Waals surface area (Å²) in [5.74, 6) is 0.688. The number of benzene rings is 1. The van der Waals surface area contributed by atoms with Crippen molar-refractivity contribution in [3.05, 3.63) is 56.3 Å². The smallest absolute Gasteiger partial charge is 0.228 e. The Labute approximate surface area is 170 Å². The van der Waals surface area contributed by atoms with E-state index in [0.717, 1.165) is 25.5 Å². The summed E-state index contributed by atoms with van der Waals surface area (Å²) in [5.41, 5.74) is 1.62. The first-order valence-corrected chi connectivity index (χ1v) is 10.2. The lowest BCUT2D eigenvalue weighted by atomic mass is 10.2. The first kappa shape index (κ1) is 19.2. The van der Waals surface area contributed by atoms with Gasteiger partial charge in [0.05, 0.1) is 28.4 Å². The molecule has 8 heteroatoms. The quantitative estimate of drug-likeness (QED) is 0.530. The molecule has 0 radical (unpaired) electrons. The zero-order chi connectivity index (χ0) is 18.7. The third-order valence-corrected chi connectivity index (χ3v) is 6.27. The number of thiazole rings is 1. The van der Waals surface area contributed by atoms with Gasteiger partial charge in [-0.25, -0.2) is 4.98 Å². The molecule has 26 heavy (non-hydrogen) atoms. The van der Waals surface area contributed by atoms with Gasteiger partial charge >= 0.3 is 0 Å². The molecule has 1 amide bonds. The van der Waals surface area contributed by atoms with Gasteiger partial charge in [-0.1, -0.05) is 23.2 Å². The van der Waals surface area contributed by atoms with Gasteiger partial charge in [-0.3, -0.25) is 4.79 Å². The molecule has 3 rings (SSSR count). The van der Waals surface area contributed by atoms with Crippen molar-refractivity contribution in [3.63, 3.8) is 0 Å². The fourth-order valence-electron chi connectivity index (χ4n) is 2.43. The van der Waals surface area contributed by atoms with E-state index in [1.165, 1.54) is 22.7 Å². The second kappa shape index (κ2) is 8.39. The van der Waals surface area contributed by atoms with Gasteiger partial charge in [0, 0.05) is 29.6 Å². The highest BCUT2D eigenvalue weighted by molar-refractivity contribution is 7.23. The number of aromatic nitrogens is 1. The van der Waals surface area contributed by atoms with Gasteiger partial charge < -0.3 is 9.64 Å². The number of carbonyl (C=O) groups excluding carboxylic acids is 1. The number of methoxy groups -OCH3 is 1. The maximum absolute atomic E-state index is 12.5. The minimum absolute atomic E-state index is 0.0203. The standard InChI is InChI=1S/C18H16Cl2N2O2S2/c1-22(9-11-7-12(19)3-4-14(11)24-2)17(23)8-13-10-25-18(21-13)15-5-6-16(20)26-15/h3-7,10H,8-9H2,1-2H3. The largest absolute Gasteiger partial charge is 0.496 e. The lowest BCUT2D eigenvalue weighted by molar-refractivity contribution is -0.129. The first-order chi connectivity index (χ1) is 12.5. The third kappa shape index (κ3) is 4.57. The van der Waals surface area contributed by atoms with E-state index in [1.807, 2.05) is 23.6 Å². The summed E-state index contributed by atoms with van der Waals surface area (Å²) in [7, 11) is 3.36. The Morgan fingerprint density at radius 1 is 1.27 bits per heavy atom. The fraction of sp³-hybridized carbons (Fsp3) is 0.222. The maximum atomic E-state index is 12.5. The van der Waals surface area contributed by atoms with Crippen LogP contribution < -0.4 is 4.74 Å². The van der Waals surface area contributed by atoms with Gasteiger partial charge in [-0.05, 0) is 30.3 Å². The summed E-state index contributed by atoms with van der Waals surface area (Å²) in [5, 5.41) is 3.40. The molecule has 0 aliphatic rings. The lowest BCUT2D eigenvalue weighted by Gasteiger charge is -2.18. The molecule has 0 fully saturated rings. The first-order valence-electron chi connectivity index (χ1n) is 7.72. The van der Waals surface area contributed by atoms with Gasteiger partial charge in [0.25, 0.3) is 0 Å². The molecule has 1 aromatic carbocycles. The minimum atomic E-state index is -0.0203. The van der Waals surface area contributed by atoms with Crippen LogP contribution in [0, 0.1) is 0 Å². The van der Waals surface area contributed by atoms with E-state index >= 15 is 0 Å². The Morgan fingerprint density at radius 2 is 2.08 bits per heavy atom. The average Bonchev–Trinajstić information content (AvgIpc) is 3.24. The van der Waals surface area contributed by atoms with Gasteiger partial charge in [-0.2, -0.15) is 0 Å². The van der Waals surface area contributed by atoms with Crippen LogP contribution >= 0.6 is 45.9 Å². The molecular weight excluding hydrogens is 411 g/mol. The van der Waals surface area contributed by atoms with Crippen molar-refractivity contribution in [3.8, 4) is 15.6 Å². The molecule has 0 saturated carbocycles. The van der Waals surface area contributed by atoms with Crippen LogP contribution in [0.3, 0.4) is 0 Å². The number of ether oxygens (including phenoxy) is 1. The number of nitrogens with zero attached hydrogens (tertiary/aromatic N) is 2. The predicted molar refractivity (Wildman–Crippen MR) is 109 cm³/mol. The molecule has 0 aliphatic carbocycles. The molecule has 136 valence electrons. The van der Waals surface area contributed by atoms with Crippen LogP contribution in [0.2, 0.25) is 9.36 Å². The van der Waals surface area contributed by atoms with E-state index in [9.17, 15) is 4.79 Å². The second-order valence-electron chi connectivity index (χ2n) is 5.63. The van der Waals surface area contributed by atoms with Crippen molar-refractivity contribution in [1.82, 2.24) is 9.88 Å². The van der Waals surface area contributed by atoms with Crippen molar-refractivity contribution in [2.45, 2.75) is 13.0 Å². The third-order valence-electron chi connectivity index (χ3n) is 3.74. The summed E-state index contributed by atoms with van der Waals surface area (Å²) >= 11 is 15.0. The highest BCUT2D eigenvalue weighted by Gasteiger charge is 2.16. The molecule has 0 saturated heterocycles. The second-order valence-corrected chi connectivity index (χ2v) is 8.64. The van der Waals surface area contributed by atoms with Crippen LogP contribution in [-0.2, 0) is 17.8 Å². The SMILES string of the molecule is COc1ccc(Cl)cc1CN(C)C(=O)Cc1csc(-c2ccc(Cl)s2)n1. The lowest BCUT2D eigenvalue weighted by Crippen LogP contribution is -2.28. The van der Waals surface area contributed by atoms with Gasteiger partial charge in [0.2, 0.25) is 5.91 Å². The molecule has 0 N–H and O–H groups in total. The monoisotopic (exact) mass is 426 g/mol. The van der Waals surface area contributed by atoms with Gasteiger partial charge in [0.1, 0.15) is 10.8 Å². The number of halogens is 2. The molecule has 2 heterocycles. The van der Waals surface area contributed by atoms with E-state index < -0.39 is 0 Å². The van der Waals surface area contributed by atoms with Crippen molar-refractivity contribution in [2.75, 3.05) is 14.2 Å². The van der Waals surface area contributed by atoms with Crippen LogP contribution in [-0.4, -0.2) is 29.9 Å². The summed E-state index contributed by atoms with van der Waals surface area (Å²) in [6.07, 6.45) is 0.245. The Morgan fingerprint density at radius 3 is 2.77 bits per heavy atom. The Kier molecular flexibility index (Phi) is 6.19. The predicted octanol–water partition coefficient (Wildman–Crippen LogP) is 5.39. The zero-order valence-electron chi connectivity index (χ0n) is 14.2. The summed E-state index contributed by atoms with van der Waals surface area (Å²) in [4.78, 5) is 19.8. The number of carbonyl (C=O) groups is 1. The van der Waals surface area contributed by atoms with Crippen molar-refractivity contribution >= 4 is 51.8 Å². The molecule has 4 nitrogen and oxygen atoms in total. The van der Waals surface area contributed by atoms with Crippen LogP contribution in [0.15, 0.2) is 35.7 Å². The number of rotatable bonds is 6. The number of thiophene rings is 1. The Hall–Kier alpha value is -1.60. The average molecular weight is 427 g/mol. The normalized spacial score (nSPS) is 10.8. The number of hydrogen-bond acceptors (Lipinski definition) is 5. The van der Waals surface area contributed by atoms with E-state index in [1.54, 1.807) is 31.2 Å². The van der Waals surface area contributed by atoms with Crippen LogP contribution in [0.1, 0.15) is 11.3 Å². The topological polar surface area (TPSA) is 42.4 Å². The zero-order valence-corrected chi connectivity index (χ0v) is 17.3. The van der Waals surface area contributed by atoms with Crippen LogP contribution in [0.4, 0.5) is 0 Å². The van der Waals surface area contributed by atoms with Gasteiger partial charge in [-0.15, -0.1) is 22.7 Å². The van der Waals surface area contributed by atoms with Crippen LogP contribution in [0.5, 0.6) is 5.75 Å². The van der Waals surface area contributed by atoms with E-state index in [0.29, 0.717) is 17.3 Å². The summed E-state index contributed by atoms with van der Waals surface area (Å²) in [6, 6.07) is 9.16. The number of likely N-dealkylation sites (N-methyl/N-ethyl adjacent to an activating group) is 1. The fourth-order valence-corrected chi connectivity index (χ4v) is 4.56. The highest BCUT2D eigenvalue weighted by atomic mass is 35.5. The molecule has 0 atom stereocenters. The number of amides is 1. The van der Waals surface area contributed by atoms with E-state index in [4.69, 9.17) is 27.9 Å². The van der Waals surface area contributed by atoms with Gasteiger partial charge in [0.15, 0.2) is 0 Å². The molecule has 0 aliphatic heterocycles. The summed E-state index contributed by atoms with van der Waals surface area (Å²) < 4.78 is 6.06. The summed E-state index contributed by atoms with van der Waals surface area (Å²) in [6.45, 7) is 0.417. The van der Waals surface area contributed by atoms with Crippen molar-refractivity contribution < 1.29 is 9.53 Å². The molecule has 0 unspecified atom stereocenters. The van der Waals surface area contributed by atoms with E-state index in [2.05, 4.69) is 4.98 Å². The highest BCUT2D eigenvalue weighted by Crippen LogP contribution is 2.33. The van der Waals surface area contributed by atoms with Crippen LogP contribution in [0.25, 0.3) is 9.88 Å². The van der Waals surface area contributed by atoms with Crippen molar-refractivity contribution in [1.29, 1.82) is 0 Å². The Bertz CT molecular complexity index is 924. The molecular formula is C18H16Cl2N2O2S2. The van der Waals surface area contributed by atoms with E-state index in [-0.39, 0.29) is 12.3 Å². The molecule has 0 bridgehead atoms. The minimum Gasteiger partial charge on any atom is -0.496 e. The molecule has 0 spiro atoms. The molecule has 3 aromatic rings. The number of hydrogen-bond donors (Lipinski definition) is 0. The maximum Gasteiger partial charge on any atom is 0.228 e.